The third kappa shape index (κ3) is 3.03. The summed E-state index contributed by atoms with van der Waals surface area (Å²) < 4.78 is 5.70. The molecule has 6 nitrogen and oxygen atoms in total. The van der Waals surface area contributed by atoms with Crippen molar-refractivity contribution >= 4 is 40.2 Å². The molecule has 1 unspecified atom stereocenters. The quantitative estimate of drug-likeness (QED) is 0.722. The van der Waals surface area contributed by atoms with E-state index in [0.29, 0.717) is 22.2 Å². The van der Waals surface area contributed by atoms with Crippen molar-refractivity contribution in [1.82, 2.24) is 10.3 Å². The number of rotatable bonds is 4. The van der Waals surface area contributed by atoms with E-state index < -0.39 is 11.5 Å². The molecule has 3 aromatic rings. The second kappa shape index (κ2) is 6.63. The van der Waals surface area contributed by atoms with Crippen LogP contribution in [0.3, 0.4) is 0 Å². The van der Waals surface area contributed by atoms with Crippen LogP contribution in [0.15, 0.2) is 46.9 Å². The third-order valence-corrected chi connectivity index (χ3v) is 5.30. The highest BCUT2D eigenvalue weighted by molar-refractivity contribution is 6.31. The Kier molecular flexibility index (Phi) is 4.38. The first kappa shape index (κ1) is 18.5. The van der Waals surface area contributed by atoms with Gasteiger partial charge in [-0.3, -0.25) is 9.59 Å². The van der Waals surface area contributed by atoms with E-state index in [0.717, 1.165) is 11.1 Å². The number of hydrogen-bond acceptors (Lipinski definition) is 4. The number of hydrogen-bond donors (Lipinski definition) is 1. The van der Waals surface area contributed by atoms with Gasteiger partial charge in [-0.2, -0.15) is 0 Å². The molecule has 0 radical (unpaired) electrons. The fourth-order valence-electron chi connectivity index (χ4n) is 3.53. The molecule has 0 saturated heterocycles. The van der Waals surface area contributed by atoms with Crippen molar-refractivity contribution in [3.05, 3.63) is 58.9 Å². The highest BCUT2D eigenvalue weighted by Crippen LogP contribution is 2.42. The lowest BCUT2D eigenvalue weighted by molar-refractivity contribution is -0.125. The molecule has 1 aromatic heterocycles. The van der Waals surface area contributed by atoms with Gasteiger partial charge in [0.05, 0.1) is 5.41 Å². The maximum absolute atomic E-state index is 12.9. The van der Waals surface area contributed by atoms with Gasteiger partial charge in [0.15, 0.2) is 5.58 Å². The molecule has 0 fully saturated rings. The standard InChI is InChI=1S/C21H20ClN3O3/c1-12(19-24-15-6-4-5-7-17(15)28-19)23-18(26)11-25-16-9-8-13(22)10-14(16)21(2,3)20(25)27/h4-10,12H,11H2,1-3H3,(H,23,26). The van der Waals surface area contributed by atoms with Crippen LogP contribution in [0.5, 0.6) is 0 Å². The molecular formula is C21H20ClN3O3. The van der Waals surface area contributed by atoms with Crippen LogP contribution in [0.2, 0.25) is 5.02 Å². The summed E-state index contributed by atoms with van der Waals surface area (Å²) >= 11 is 6.10. The van der Waals surface area contributed by atoms with Gasteiger partial charge >= 0.3 is 0 Å². The molecular weight excluding hydrogens is 378 g/mol. The number of para-hydroxylation sites is 2. The molecule has 7 heteroatoms. The Morgan fingerprint density at radius 3 is 2.79 bits per heavy atom. The number of carbonyl (C=O) groups excluding carboxylic acids is 2. The number of nitrogens with one attached hydrogen (secondary N) is 1. The zero-order valence-corrected chi connectivity index (χ0v) is 16.6. The molecule has 2 aromatic carbocycles. The van der Waals surface area contributed by atoms with E-state index in [9.17, 15) is 9.59 Å². The summed E-state index contributed by atoms with van der Waals surface area (Å²) in [6, 6.07) is 12.3. The number of halogens is 1. The zero-order valence-electron chi connectivity index (χ0n) is 15.8. The fraction of sp³-hybridized carbons (Fsp3) is 0.286. The van der Waals surface area contributed by atoms with Crippen LogP contribution in [0.25, 0.3) is 11.1 Å². The van der Waals surface area contributed by atoms with Crippen LogP contribution in [-0.2, 0) is 15.0 Å². The van der Waals surface area contributed by atoms with Crippen LogP contribution < -0.4 is 10.2 Å². The molecule has 0 saturated carbocycles. The van der Waals surface area contributed by atoms with Crippen LogP contribution in [0.4, 0.5) is 5.69 Å². The Morgan fingerprint density at radius 1 is 1.29 bits per heavy atom. The number of aromatic nitrogens is 1. The summed E-state index contributed by atoms with van der Waals surface area (Å²) in [6.45, 7) is 5.39. The minimum absolute atomic E-state index is 0.0819. The predicted octanol–water partition coefficient (Wildman–Crippen LogP) is 3.98. The summed E-state index contributed by atoms with van der Waals surface area (Å²) in [4.78, 5) is 31.4. The Hall–Kier alpha value is -2.86. The van der Waals surface area contributed by atoms with E-state index in [-0.39, 0.29) is 18.4 Å². The van der Waals surface area contributed by atoms with Gasteiger partial charge in [0.2, 0.25) is 17.7 Å². The van der Waals surface area contributed by atoms with Gasteiger partial charge in [0.25, 0.3) is 0 Å². The minimum Gasteiger partial charge on any atom is -0.438 e. The topological polar surface area (TPSA) is 75.4 Å². The van der Waals surface area contributed by atoms with Gasteiger partial charge in [-0.05, 0) is 56.7 Å². The highest BCUT2D eigenvalue weighted by Gasteiger charge is 2.44. The van der Waals surface area contributed by atoms with Crippen molar-refractivity contribution in [3.63, 3.8) is 0 Å². The number of anilines is 1. The van der Waals surface area contributed by atoms with E-state index in [1.807, 2.05) is 38.1 Å². The summed E-state index contributed by atoms with van der Waals surface area (Å²) in [7, 11) is 0. The smallest absolute Gasteiger partial charge is 0.240 e. The summed E-state index contributed by atoms with van der Waals surface area (Å²) in [5, 5.41) is 3.42. The number of carbonyl (C=O) groups is 2. The third-order valence-electron chi connectivity index (χ3n) is 5.06. The summed E-state index contributed by atoms with van der Waals surface area (Å²) in [5.41, 5.74) is 2.21. The Morgan fingerprint density at radius 2 is 2.04 bits per heavy atom. The van der Waals surface area contributed by atoms with Crippen molar-refractivity contribution in [1.29, 1.82) is 0 Å². The molecule has 1 atom stereocenters. The first-order valence-electron chi connectivity index (χ1n) is 9.04. The van der Waals surface area contributed by atoms with Crippen LogP contribution >= 0.6 is 11.6 Å². The van der Waals surface area contributed by atoms with Gasteiger partial charge < -0.3 is 14.6 Å². The second-order valence-electron chi connectivity index (χ2n) is 7.49. The van der Waals surface area contributed by atoms with Gasteiger partial charge in [-0.15, -0.1) is 0 Å². The number of benzene rings is 2. The lowest BCUT2D eigenvalue weighted by Gasteiger charge is -2.20. The fourth-order valence-corrected chi connectivity index (χ4v) is 3.70. The lowest BCUT2D eigenvalue weighted by Crippen LogP contribution is -2.43. The van der Waals surface area contributed by atoms with Gasteiger partial charge in [0, 0.05) is 10.7 Å². The van der Waals surface area contributed by atoms with Crippen LogP contribution in [0, 0.1) is 0 Å². The maximum Gasteiger partial charge on any atom is 0.240 e. The highest BCUT2D eigenvalue weighted by atomic mass is 35.5. The first-order valence-corrected chi connectivity index (χ1v) is 9.42. The normalized spacial score (nSPS) is 16.3. The molecule has 2 heterocycles. The number of amides is 2. The van der Waals surface area contributed by atoms with Crippen LogP contribution in [0.1, 0.15) is 38.3 Å². The monoisotopic (exact) mass is 397 g/mol. The zero-order chi connectivity index (χ0) is 20.1. The van der Waals surface area contributed by atoms with E-state index >= 15 is 0 Å². The number of nitrogens with zero attached hydrogens (tertiary/aromatic N) is 2. The SMILES string of the molecule is CC(NC(=O)CN1C(=O)C(C)(C)c2cc(Cl)ccc21)c1nc2ccccc2o1. The van der Waals surface area contributed by atoms with Crippen molar-refractivity contribution in [2.75, 3.05) is 11.4 Å². The average molecular weight is 398 g/mol. The van der Waals surface area contributed by atoms with E-state index in [1.54, 1.807) is 25.1 Å². The average Bonchev–Trinajstić information content (AvgIpc) is 3.16. The van der Waals surface area contributed by atoms with Crippen molar-refractivity contribution in [2.45, 2.75) is 32.2 Å². The Labute approximate surface area is 167 Å². The summed E-state index contributed by atoms with van der Waals surface area (Å²) in [6.07, 6.45) is 0. The second-order valence-corrected chi connectivity index (χ2v) is 7.92. The Balaban J connectivity index is 1.51. The van der Waals surface area contributed by atoms with E-state index in [2.05, 4.69) is 10.3 Å². The molecule has 1 aliphatic heterocycles. The lowest BCUT2D eigenvalue weighted by atomic mass is 9.86. The largest absolute Gasteiger partial charge is 0.438 e. The summed E-state index contributed by atoms with van der Waals surface area (Å²) in [5.74, 6) is 0.00551. The van der Waals surface area contributed by atoms with Gasteiger partial charge in [0.1, 0.15) is 18.1 Å². The molecule has 0 spiro atoms. The molecule has 144 valence electrons. The number of fused-ring (bicyclic) bond motifs is 2. The molecule has 2 amide bonds. The molecule has 1 aliphatic rings. The Bertz CT molecular complexity index is 1060. The molecule has 0 aliphatic carbocycles. The molecule has 4 rings (SSSR count). The molecule has 1 N–H and O–H groups in total. The van der Waals surface area contributed by atoms with E-state index in [1.165, 1.54) is 4.90 Å². The van der Waals surface area contributed by atoms with Crippen molar-refractivity contribution < 1.29 is 14.0 Å². The van der Waals surface area contributed by atoms with Crippen molar-refractivity contribution in [2.24, 2.45) is 0 Å². The first-order chi connectivity index (χ1) is 13.3. The van der Waals surface area contributed by atoms with Gasteiger partial charge in [-0.1, -0.05) is 23.7 Å². The predicted molar refractivity (Wildman–Crippen MR) is 107 cm³/mol. The minimum atomic E-state index is -0.730. The van der Waals surface area contributed by atoms with Crippen LogP contribution in [-0.4, -0.2) is 23.3 Å². The van der Waals surface area contributed by atoms with Crippen molar-refractivity contribution in [3.8, 4) is 0 Å². The van der Waals surface area contributed by atoms with Gasteiger partial charge in [-0.25, -0.2) is 4.98 Å². The maximum atomic E-state index is 12.9. The molecule has 0 bridgehead atoms. The molecule has 28 heavy (non-hydrogen) atoms. The van der Waals surface area contributed by atoms with E-state index in [4.69, 9.17) is 16.0 Å². The number of oxazole rings is 1.